The molecule has 0 saturated carbocycles. The topological polar surface area (TPSA) is 69.4 Å². The lowest BCUT2D eigenvalue weighted by Gasteiger charge is -2.18. The second-order valence-electron chi connectivity index (χ2n) is 6.39. The van der Waals surface area contributed by atoms with Crippen molar-refractivity contribution in [2.75, 3.05) is 18.6 Å². The zero-order valence-corrected chi connectivity index (χ0v) is 17.8. The van der Waals surface area contributed by atoms with E-state index >= 15 is 0 Å². The number of aromatic nitrogens is 1. The van der Waals surface area contributed by atoms with Crippen LogP contribution < -0.4 is 9.64 Å². The number of ether oxygens (including phenoxy) is 1. The van der Waals surface area contributed by atoms with E-state index in [1.165, 1.54) is 11.3 Å². The van der Waals surface area contributed by atoms with Gasteiger partial charge in [0.2, 0.25) is 0 Å². The number of methoxy groups -OCH3 is 1. The minimum absolute atomic E-state index is 0.164. The van der Waals surface area contributed by atoms with Crippen molar-refractivity contribution in [2.24, 2.45) is 0 Å². The van der Waals surface area contributed by atoms with Crippen LogP contribution in [0.2, 0.25) is 0 Å². The highest BCUT2D eigenvalue weighted by molar-refractivity contribution is 9.10. The Balaban J connectivity index is 1.65. The van der Waals surface area contributed by atoms with Gasteiger partial charge in [0.15, 0.2) is 0 Å². The third-order valence-corrected chi connectivity index (χ3v) is 6.13. The Bertz CT molecular complexity index is 1070. The van der Waals surface area contributed by atoms with Gasteiger partial charge in [0, 0.05) is 20.6 Å². The van der Waals surface area contributed by atoms with Gasteiger partial charge < -0.3 is 14.7 Å². The molecular formula is C21H18BrN3O2S. The van der Waals surface area contributed by atoms with Crippen LogP contribution in [0.1, 0.15) is 9.88 Å². The monoisotopic (exact) mass is 455 g/mol. The fourth-order valence-electron chi connectivity index (χ4n) is 3.17. The summed E-state index contributed by atoms with van der Waals surface area (Å²) in [6.45, 7) is 2.27. The van der Waals surface area contributed by atoms with Gasteiger partial charge >= 0.3 is 0 Å². The Hall–Kier alpha value is -2.64. The van der Waals surface area contributed by atoms with Crippen molar-refractivity contribution >= 4 is 44.4 Å². The number of aliphatic hydroxyl groups excluding tert-OH is 1. The third kappa shape index (κ3) is 3.31. The predicted molar refractivity (Wildman–Crippen MR) is 118 cm³/mol. The molecule has 0 fully saturated rings. The number of amidine groups is 1. The van der Waals surface area contributed by atoms with E-state index in [9.17, 15) is 5.11 Å². The first-order valence-corrected chi connectivity index (χ1v) is 10.2. The summed E-state index contributed by atoms with van der Waals surface area (Å²) < 4.78 is 6.20. The second-order valence-corrected chi connectivity index (χ2v) is 8.50. The molecule has 0 unspecified atom stereocenters. The number of nitrogens with zero attached hydrogens (tertiary/aromatic N) is 2. The molecule has 0 atom stereocenters. The SMILES string of the molecule is COc1ccc(N2CC(O)=C(c3nc(-c4ccc(Br)cc4)c(C)s3)C2=N)cc1. The standard InChI is InChI=1S/C21H18BrN3O2S/c1-12-19(13-3-5-14(22)6-4-13)24-21(28-12)18-17(26)11-25(20(18)23)15-7-9-16(27-2)10-8-15/h3-10,23,26H,11H2,1-2H3. The van der Waals surface area contributed by atoms with Crippen molar-refractivity contribution in [1.29, 1.82) is 5.41 Å². The van der Waals surface area contributed by atoms with Crippen molar-refractivity contribution in [2.45, 2.75) is 6.92 Å². The summed E-state index contributed by atoms with van der Waals surface area (Å²) in [5, 5.41) is 19.9. The molecule has 1 aliphatic heterocycles. The molecule has 4 rings (SSSR count). The van der Waals surface area contributed by atoms with Gasteiger partial charge in [-0.15, -0.1) is 11.3 Å². The summed E-state index contributed by atoms with van der Waals surface area (Å²) in [7, 11) is 1.62. The number of halogens is 1. The second kappa shape index (κ2) is 7.41. The molecule has 0 saturated heterocycles. The first-order valence-electron chi connectivity index (χ1n) is 8.64. The zero-order valence-electron chi connectivity index (χ0n) is 15.4. The van der Waals surface area contributed by atoms with Gasteiger partial charge in [-0.2, -0.15) is 0 Å². The Labute approximate surface area is 175 Å². The number of aliphatic hydroxyl groups is 1. The Morgan fingerprint density at radius 1 is 1.14 bits per heavy atom. The number of anilines is 1. The predicted octanol–water partition coefficient (Wildman–Crippen LogP) is 5.66. The summed E-state index contributed by atoms with van der Waals surface area (Å²) >= 11 is 4.94. The normalized spacial score (nSPS) is 14.1. The molecule has 3 aromatic rings. The first-order chi connectivity index (χ1) is 13.5. The number of benzene rings is 2. The molecule has 2 aromatic carbocycles. The van der Waals surface area contributed by atoms with Crippen LogP contribution in [0.3, 0.4) is 0 Å². The molecule has 2 heterocycles. The van der Waals surface area contributed by atoms with E-state index in [4.69, 9.17) is 15.1 Å². The summed E-state index contributed by atoms with van der Waals surface area (Å²) in [6.07, 6.45) is 0. The minimum Gasteiger partial charge on any atom is -0.510 e. The van der Waals surface area contributed by atoms with Crippen molar-refractivity contribution in [3.63, 3.8) is 0 Å². The quantitative estimate of drug-likeness (QED) is 0.532. The van der Waals surface area contributed by atoms with E-state index in [-0.39, 0.29) is 18.1 Å². The summed E-state index contributed by atoms with van der Waals surface area (Å²) in [4.78, 5) is 7.56. The number of rotatable bonds is 4. The lowest BCUT2D eigenvalue weighted by Crippen LogP contribution is -2.25. The molecule has 0 bridgehead atoms. The van der Waals surface area contributed by atoms with E-state index in [0.29, 0.717) is 10.6 Å². The fraction of sp³-hybridized carbons (Fsp3) is 0.143. The molecule has 1 aromatic heterocycles. The van der Waals surface area contributed by atoms with Gasteiger partial charge in [0.25, 0.3) is 0 Å². The Kier molecular flexibility index (Phi) is 4.95. The number of nitrogens with one attached hydrogen (secondary N) is 1. The number of thiazole rings is 1. The molecule has 0 radical (unpaired) electrons. The molecule has 7 heteroatoms. The highest BCUT2D eigenvalue weighted by Gasteiger charge is 2.31. The van der Waals surface area contributed by atoms with Crippen LogP contribution in [0.5, 0.6) is 5.75 Å². The van der Waals surface area contributed by atoms with Crippen LogP contribution in [-0.2, 0) is 0 Å². The van der Waals surface area contributed by atoms with Gasteiger partial charge in [-0.3, -0.25) is 5.41 Å². The van der Waals surface area contributed by atoms with Gasteiger partial charge in [-0.05, 0) is 43.3 Å². The highest BCUT2D eigenvalue weighted by atomic mass is 79.9. The van der Waals surface area contributed by atoms with Gasteiger partial charge in [-0.25, -0.2) is 4.98 Å². The zero-order chi connectivity index (χ0) is 19.8. The maximum atomic E-state index is 10.6. The van der Waals surface area contributed by atoms with Crippen molar-refractivity contribution < 1.29 is 9.84 Å². The van der Waals surface area contributed by atoms with Crippen LogP contribution in [0.4, 0.5) is 5.69 Å². The van der Waals surface area contributed by atoms with E-state index in [1.807, 2.05) is 55.5 Å². The Morgan fingerprint density at radius 3 is 2.46 bits per heavy atom. The van der Waals surface area contributed by atoms with Crippen LogP contribution >= 0.6 is 27.3 Å². The van der Waals surface area contributed by atoms with Crippen molar-refractivity contribution in [3.05, 3.63) is 68.6 Å². The smallest absolute Gasteiger partial charge is 0.139 e. The largest absolute Gasteiger partial charge is 0.510 e. The van der Waals surface area contributed by atoms with Crippen LogP contribution in [0.15, 0.2) is 58.8 Å². The molecule has 142 valence electrons. The Morgan fingerprint density at radius 2 is 1.82 bits per heavy atom. The van der Waals surface area contributed by atoms with E-state index in [1.54, 1.807) is 12.0 Å². The van der Waals surface area contributed by atoms with E-state index < -0.39 is 0 Å². The minimum atomic E-state index is 0.164. The molecule has 0 aliphatic carbocycles. The van der Waals surface area contributed by atoms with Crippen LogP contribution in [0.25, 0.3) is 16.8 Å². The average Bonchev–Trinajstić information content (AvgIpc) is 3.21. The number of hydrogen-bond acceptors (Lipinski definition) is 5. The van der Waals surface area contributed by atoms with Crippen LogP contribution in [-0.4, -0.2) is 29.6 Å². The summed E-state index contributed by atoms with van der Waals surface area (Å²) in [6, 6.07) is 15.4. The lowest BCUT2D eigenvalue weighted by molar-refractivity contribution is 0.411. The van der Waals surface area contributed by atoms with Gasteiger partial charge in [-0.1, -0.05) is 28.1 Å². The molecule has 28 heavy (non-hydrogen) atoms. The van der Waals surface area contributed by atoms with Crippen molar-refractivity contribution in [1.82, 2.24) is 4.98 Å². The molecular weight excluding hydrogens is 438 g/mol. The third-order valence-electron chi connectivity index (χ3n) is 4.62. The first kappa shape index (κ1) is 18.7. The van der Waals surface area contributed by atoms with Crippen molar-refractivity contribution in [3.8, 4) is 17.0 Å². The molecule has 2 N–H and O–H groups in total. The van der Waals surface area contributed by atoms with Gasteiger partial charge in [0.05, 0.1) is 24.9 Å². The lowest BCUT2D eigenvalue weighted by atomic mass is 10.1. The maximum Gasteiger partial charge on any atom is 0.139 e. The number of aryl methyl sites for hydroxylation is 1. The molecule has 5 nitrogen and oxygen atoms in total. The fourth-order valence-corrected chi connectivity index (χ4v) is 4.43. The van der Waals surface area contributed by atoms with Crippen LogP contribution in [0, 0.1) is 12.3 Å². The number of hydrogen-bond donors (Lipinski definition) is 2. The maximum absolute atomic E-state index is 10.6. The average molecular weight is 456 g/mol. The van der Waals surface area contributed by atoms with E-state index in [0.717, 1.165) is 32.0 Å². The summed E-state index contributed by atoms with van der Waals surface area (Å²) in [5.74, 6) is 1.16. The molecule has 0 amide bonds. The highest BCUT2D eigenvalue weighted by Crippen LogP contribution is 2.37. The summed E-state index contributed by atoms with van der Waals surface area (Å²) in [5.41, 5.74) is 3.21. The van der Waals surface area contributed by atoms with Gasteiger partial charge in [0.1, 0.15) is 22.4 Å². The molecule has 1 aliphatic rings. The van der Waals surface area contributed by atoms with E-state index in [2.05, 4.69) is 15.9 Å². The molecule has 0 spiro atoms.